The Balaban J connectivity index is 2.25. The van der Waals surface area contributed by atoms with Gasteiger partial charge in [-0.2, -0.15) is 0 Å². The van der Waals surface area contributed by atoms with E-state index in [1.165, 1.54) is 18.2 Å². The first-order valence-corrected chi connectivity index (χ1v) is 6.56. The minimum absolute atomic E-state index is 0.157. The van der Waals surface area contributed by atoms with Gasteiger partial charge in [0, 0.05) is 11.1 Å². The Morgan fingerprint density at radius 3 is 2.52 bits per heavy atom. The smallest absolute Gasteiger partial charge is 0.345 e. The largest absolute Gasteiger partial charge is 0.454 e. The summed E-state index contributed by atoms with van der Waals surface area (Å²) in [5, 5.41) is 11.2. The monoisotopic (exact) mass is 305 g/mol. The van der Waals surface area contributed by atoms with Gasteiger partial charge in [0.15, 0.2) is 0 Å². The zero-order chi connectivity index (χ0) is 15.4. The number of rotatable bonds is 4. The number of nitrogens with zero attached hydrogens (tertiary/aromatic N) is 1. The second kappa shape index (κ2) is 6.37. The zero-order valence-electron chi connectivity index (χ0n) is 11.2. The molecule has 0 aromatic heterocycles. The summed E-state index contributed by atoms with van der Waals surface area (Å²) >= 11 is 5.79. The number of halogens is 1. The average molecular weight is 306 g/mol. The average Bonchev–Trinajstić information content (AvgIpc) is 2.47. The fourth-order valence-corrected chi connectivity index (χ4v) is 2.02. The molecule has 5 nitrogen and oxygen atoms in total. The van der Waals surface area contributed by atoms with E-state index < -0.39 is 17.0 Å². The second-order valence-corrected chi connectivity index (χ2v) is 4.81. The van der Waals surface area contributed by atoms with Crippen molar-refractivity contribution in [1.29, 1.82) is 0 Å². The van der Waals surface area contributed by atoms with Gasteiger partial charge in [0.25, 0.3) is 5.69 Å². The Hall–Kier alpha value is -2.40. The molecule has 21 heavy (non-hydrogen) atoms. The lowest BCUT2D eigenvalue weighted by Gasteiger charge is -2.13. The number of hydrogen-bond donors (Lipinski definition) is 0. The van der Waals surface area contributed by atoms with Gasteiger partial charge < -0.3 is 4.74 Å². The zero-order valence-corrected chi connectivity index (χ0v) is 11.9. The van der Waals surface area contributed by atoms with Crippen molar-refractivity contribution >= 4 is 23.3 Å². The van der Waals surface area contributed by atoms with Crippen LogP contribution in [0.2, 0.25) is 5.02 Å². The molecule has 0 bridgehead atoms. The molecule has 0 heterocycles. The molecule has 0 fully saturated rings. The highest BCUT2D eigenvalue weighted by Gasteiger charge is 2.23. The fraction of sp³-hybridized carbons (Fsp3) is 0.133. The van der Waals surface area contributed by atoms with Gasteiger partial charge in [0.2, 0.25) is 0 Å². The SMILES string of the molecule is CC(OC(=O)c1cc(Cl)ccc1[N+](=O)[O-])c1ccccc1. The number of esters is 1. The number of benzene rings is 2. The topological polar surface area (TPSA) is 69.4 Å². The van der Waals surface area contributed by atoms with Crippen molar-refractivity contribution in [2.45, 2.75) is 13.0 Å². The second-order valence-electron chi connectivity index (χ2n) is 4.38. The molecule has 0 aliphatic rings. The van der Waals surface area contributed by atoms with E-state index in [9.17, 15) is 14.9 Å². The molecular formula is C15H12ClNO4. The molecule has 2 aromatic rings. The quantitative estimate of drug-likeness (QED) is 0.483. The maximum Gasteiger partial charge on any atom is 0.345 e. The highest BCUT2D eigenvalue weighted by Crippen LogP contribution is 2.26. The van der Waals surface area contributed by atoms with Crippen LogP contribution >= 0.6 is 11.6 Å². The Morgan fingerprint density at radius 1 is 1.24 bits per heavy atom. The highest BCUT2D eigenvalue weighted by atomic mass is 35.5. The molecule has 1 unspecified atom stereocenters. The molecule has 0 saturated carbocycles. The van der Waals surface area contributed by atoms with Gasteiger partial charge in [0.05, 0.1) is 4.92 Å². The van der Waals surface area contributed by atoms with Crippen LogP contribution in [-0.2, 0) is 4.74 Å². The van der Waals surface area contributed by atoms with Gasteiger partial charge in [-0.15, -0.1) is 0 Å². The molecule has 0 amide bonds. The minimum atomic E-state index is -0.777. The van der Waals surface area contributed by atoms with Crippen molar-refractivity contribution in [1.82, 2.24) is 0 Å². The molecule has 1 atom stereocenters. The number of nitro groups is 1. The van der Waals surface area contributed by atoms with Crippen molar-refractivity contribution in [2.24, 2.45) is 0 Å². The summed E-state index contributed by atoms with van der Waals surface area (Å²) in [6.45, 7) is 1.70. The lowest BCUT2D eigenvalue weighted by molar-refractivity contribution is -0.385. The van der Waals surface area contributed by atoms with Gasteiger partial charge in [-0.1, -0.05) is 41.9 Å². The fourth-order valence-electron chi connectivity index (χ4n) is 1.85. The molecule has 0 aliphatic heterocycles. The Kier molecular flexibility index (Phi) is 4.55. The highest BCUT2D eigenvalue weighted by molar-refractivity contribution is 6.31. The first kappa shape index (κ1) is 15.0. The molecule has 2 aromatic carbocycles. The van der Waals surface area contributed by atoms with Crippen LogP contribution in [0, 0.1) is 10.1 Å². The maximum atomic E-state index is 12.1. The van der Waals surface area contributed by atoms with Gasteiger partial charge >= 0.3 is 5.97 Å². The number of hydrogen-bond acceptors (Lipinski definition) is 4. The normalized spacial score (nSPS) is 11.7. The lowest BCUT2D eigenvalue weighted by atomic mass is 10.1. The molecular weight excluding hydrogens is 294 g/mol. The third-order valence-corrected chi connectivity index (χ3v) is 3.16. The first-order chi connectivity index (χ1) is 9.99. The van der Waals surface area contributed by atoms with Crippen molar-refractivity contribution in [3.63, 3.8) is 0 Å². The van der Waals surface area contributed by atoms with Gasteiger partial charge in [-0.05, 0) is 24.6 Å². The Morgan fingerprint density at radius 2 is 1.90 bits per heavy atom. The Bertz CT molecular complexity index is 673. The summed E-state index contributed by atoms with van der Waals surface area (Å²) in [6, 6.07) is 12.9. The lowest BCUT2D eigenvalue weighted by Crippen LogP contribution is -2.11. The van der Waals surface area contributed by atoms with E-state index in [1.807, 2.05) is 30.3 Å². The van der Waals surface area contributed by atoms with Gasteiger partial charge in [-0.3, -0.25) is 10.1 Å². The van der Waals surface area contributed by atoms with Crippen molar-refractivity contribution in [2.75, 3.05) is 0 Å². The third-order valence-electron chi connectivity index (χ3n) is 2.93. The summed E-state index contributed by atoms with van der Waals surface area (Å²) in [4.78, 5) is 22.4. The van der Waals surface area contributed by atoms with Crippen LogP contribution < -0.4 is 0 Å². The Labute approximate surface area is 126 Å². The van der Waals surface area contributed by atoms with Crippen LogP contribution in [0.3, 0.4) is 0 Å². The van der Waals surface area contributed by atoms with Crippen LogP contribution in [-0.4, -0.2) is 10.9 Å². The molecule has 6 heteroatoms. The standard InChI is InChI=1S/C15H12ClNO4/c1-10(11-5-3-2-4-6-11)21-15(18)13-9-12(16)7-8-14(13)17(19)20/h2-10H,1H3. The van der Waals surface area contributed by atoms with Crippen LogP contribution in [0.1, 0.15) is 28.9 Å². The molecule has 0 saturated heterocycles. The third kappa shape index (κ3) is 3.58. The molecule has 108 valence electrons. The minimum Gasteiger partial charge on any atom is -0.454 e. The molecule has 0 aliphatic carbocycles. The van der Waals surface area contributed by atoms with E-state index in [2.05, 4.69) is 0 Å². The number of carbonyl (C=O) groups excluding carboxylic acids is 1. The van der Waals surface area contributed by atoms with Crippen LogP contribution in [0.15, 0.2) is 48.5 Å². The van der Waals surface area contributed by atoms with Crippen LogP contribution in [0.25, 0.3) is 0 Å². The predicted octanol–water partition coefficient (Wildman–Crippen LogP) is 4.17. The van der Waals surface area contributed by atoms with E-state index in [1.54, 1.807) is 6.92 Å². The maximum absolute atomic E-state index is 12.1. The summed E-state index contributed by atoms with van der Waals surface area (Å²) in [6.07, 6.45) is -0.516. The van der Waals surface area contributed by atoms with Crippen molar-refractivity contribution in [3.05, 3.63) is 74.8 Å². The predicted molar refractivity (Wildman–Crippen MR) is 78.4 cm³/mol. The van der Waals surface area contributed by atoms with E-state index in [0.29, 0.717) is 0 Å². The first-order valence-electron chi connectivity index (χ1n) is 6.19. The van der Waals surface area contributed by atoms with E-state index in [0.717, 1.165) is 5.56 Å². The summed E-state index contributed by atoms with van der Waals surface area (Å²) in [5.74, 6) is -0.777. The van der Waals surface area contributed by atoms with E-state index >= 15 is 0 Å². The number of ether oxygens (including phenoxy) is 1. The number of carbonyl (C=O) groups is 1. The van der Waals surface area contributed by atoms with E-state index in [-0.39, 0.29) is 16.3 Å². The summed E-state index contributed by atoms with van der Waals surface area (Å²) in [5.41, 5.74) is 0.315. The molecule has 0 radical (unpaired) electrons. The molecule has 0 spiro atoms. The summed E-state index contributed by atoms with van der Waals surface area (Å²) < 4.78 is 5.27. The summed E-state index contributed by atoms with van der Waals surface area (Å²) in [7, 11) is 0. The van der Waals surface area contributed by atoms with Crippen molar-refractivity contribution in [3.8, 4) is 0 Å². The van der Waals surface area contributed by atoms with Crippen molar-refractivity contribution < 1.29 is 14.5 Å². The van der Waals surface area contributed by atoms with Gasteiger partial charge in [-0.25, -0.2) is 4.79 Å². The van der Waals surface area contributed by atoms with Crippen LogP contribution in [0.5, 0.6) is 0 Å². The van der Waals surface area contributed by atoms with Crippen LogP contribution in [0.4, 0.5) is 5.69 Å². The number of nitro benzene ring substituents is 1. The van der Waals surface area contributed by atoms with Gasteiger partial charge in [0.1, 0.15) is 11.7 Å². The molecule has 0 N–H and O–H groups in total. The van der Waals surface area contributed by atoms with E-state index in [4.69, 9.17) is 16.3 Å². The molecule has 2 rings (SSSR count).